The van der Waals surface area contributed by atoms with E-state index in [4.69, 9.17) is 0 Å². The van der Waals surface area contributed by atoms with Crippen LogP contribution in [0.5, 0.6) is 0 Å². The van der Waals surface area contributed by atoms with Crippen LogP contribution in [0.2, 0.25) is 0 Å². The van der Waals surface area contributed by atoms with Crippen LogP contribution in [0, 0.1) is 0 Å². The van der Waals surface area contributed by atoms with Crippen molar-refractivity contribution < 1.29 is 22.8 Å². The standard InChI is InChI=1S/C12H11F3O2/c1-3-9-4-8(6-16)5-10(7(2)17)11(9)12(13,14)15/h4-6H,3H2,1-2H3. The van der Waals surface area contributed by atoms with Gasteiger partial charge in [-0.2, -0.15) is 13.2 Å². The number of benzene rings is 1. The Bertz CT molecular complexity index is 462. The zero-order valence-corrected chi connectivity index (χ0v) is 9.39. The molecule has 0 spiro atoms. The van der Waals surface area contributed by atoms with Crippen molar-refractivity contribution in [3.8, 4) is 0 Å². The van der Waals surface area contributed by atoms with Gasteiger partial charge in [0.2, 0.25) is 0 Å². The maximum atomic E-state index is 12.9. The van der Waals surface area contributed by atoms with Crippen LogP contribution in [0.25, 0.3) is 0 Å². The number of hydrogen-bond donors (Lipinski definition) is 0. The molecule has 2 nitrogen and oxygen atoms in total. The molecule has 5 heteroatoms. The summed E-state index contributed by atoms with van der Waals surface area (Å²) in [6.45, 7) is 2.60. The van der Waals surface area contributed by atoms with Gasteiger partial charge in [0.25, 0.3) is 0 Å². The predicted octanol–water partition coefficient (Wildman–Crippen LogP) is 3.28. The molecule has 1 aromatic carbocycles. The van der Waals surface area contributed by atoms with E-state index >= 15 is 0 Å². The van der Waals surface area contributed by atoms with Crippen LogP contribution in [0.4, 0.5) is 13.2 Å². The van der Waals surface area contributed by atoms with Crippen LogP contribution in [-0.4, -0.2) is 12.1 Å². The highest BCUT2D eigenvalue weighted by atomic mass is 19.4. The van der Waals surface area contributed by atoms with E-state index in [9.17, 15) is 22.8 Å². The minimum absolute atomic E-state index is 0.0349. The molecule has 0 aliphatic rings. The van der Waals surface area contributed by atoms with Crippen LogP contribution >= 0.6 is 0 Å². The van der Waals surface area contributed by atoms with Crippen molar-refractivity contribution in [1.29, 1.82) is 0 Å². The summed E-state index contributed by atoms with van der Waals surface area (Å²) >= 11 is 0. The van der Waals surface area contributed by atoms with Crippen molar-refractivity contribution in [2.75, 3.05) is 0 Å². The lowest BCUT2D eigenvalue weighted by atomic mass is 9.94. The fourth-order valence-corrected chi connectivity index (χ4v) is 1.69. The van der Waals surface area contributed by atoms with Gasteiger partial charge in [-0.25, -0.2) is 0 Å². The monoisotopic (exact) mass is 244 g/mol. The summed E-state index contributed by atoms with van der Waals surface area (Å²) in [4.78, 5) is 21.9. The van der Waals surface area contributed by atoms with E-state index in [1.165, 1.54) is 6.07 Å². The minimum atomic E-state index is -4.59. The molecule has 17 heavy (non-hydrogen) atoms. The summed E-state index contributed by atoms with van der Waals surface area (Å²) in [6, 6.07) is 2.15. The third kappa shape index (κ3) is 2.72. The Kier molecular flexibility index (Phi) is 3.70. The number of hydrogen-bond acceptors (Lipinski definition) is 2. The molecule has 0 radical (unpaired) electrons. The van der Waals surface area contributed by atoms with Crippen molar-refractivity contribution in [3.05, 3.63) is 34.4 Å². The Balaban J connectivity index is 3.64. The predicted molar refractivity (Wildman–Crippen MR) is 56.2 cm³/mol. The van der Waals surface area contributed by atoms with Crippen LogP contribution < -0.4 is 0 Å². The number of ketones is 1. The molecule has 0 N–H and O–H groups in total. The Morgan fingerprint density at radius 1 is 1.35 bits per heavy atom. The van der Waals surface area contributed by atoms with Gasteiger partial charge in [-0.3, -0.25) is 9.59 Å². The molecule has 0 unspecified atom stereocenters. The fraction of sp³-hybridized carbons (Fsp3) is 0.333. The highest BCUT2D eigenvalue weighted by Gasteiger charge is 2.37. The van der Waals surface area contributed by atoms with Crippen molar-refractivity contribution in [2.45, 2.75) is 26.4 Å². The first-order valence-electron chi connectivity index (χ1n) is 5.01. The lowest BCUT2D eigenvalue weighted by molar-refractivity contribution is -0.138. The molecule has 0 aliphatic heterocycles. The van der Waals surface area contributed by atoms with E-state index in [0.29, 0.717) is 6.29 Å². The Morgan fingerprint density at radius 3 is 2.29 bits per heavy atom. The van der Waals surface area contributed by atoms with Crippen molar-refractivity contribution in [3.63, 3.8) is 0 Å². The largest absolute Gasteiger partial charge is 0.417 e. The van der Waals surface area contributed by atoms with Crippen LogP contribution in [-0.2, 0) is 12.6 Å². The van der Waals surface area contributed by atoms with E-state index in [0.717, 1.165) is 13.0 Å². The van der Waals surface area contributed by atoms with Gasteiger partial charge in [-0.15, -0.1) is 0 Å². The summed E-state index contributed by atoms with van der Waals surface area (Å²) < 4.78 is 38.6. The van der Waals surface area contributed by atoms with E-state index in [-0.39, 0.29) is 17.5 Å². The molecule has 0 saturated heterocycles. The zero-order chi connectivity index (χ0) is 13.2. The SMILES string of the molecule is CCc1cc(C=O)cc(C(C)=O)c1C(F)(F)F. The second-order valence-electron chi connectivity index (χ2n) is 3.63. The molecular weight excluding hydrogens is 233 g/mol. The summed E-state index contributed by atoms with van der Waals surface area (Å²) in [5.74, 6) is -0.698. The molecule has 1 rings (SSSR count). The first-order chi connectivity index (χ1) is 7.81. The van der Waals surface area contributed by atoms with E-state index in [1.807, 2.05) is 0 Å². The number of Topliss-reactive ketones (excluding diaryl/α,β-unsaturated/α-hetero) is 1. The Hall–Kier alpha value is -1.65. The molecule has 0 bridgehead atoms. The van der Waals surface area contributed by atoms with Crippen LogP contribution in [0.15, 0.2) is 12.1 Å². The fourth-order valence-electron chi connectivity index (χ4n) is 1.69. The number of aryl methyl sites for hydroxylation is 1. The van der Waals surface area contributed by atoms with E-state index in [2.05, 4.69) is 0 Å². The van der Waals surface area contributed by atoms with Gasteiger partial charge < -0.3 is 0 Å². The number of rotatable bonds is 3. The summed E-state index contributed by atoms with van der Waals surface area (Å²) in [5, 5.41) is 0. The topological polar surface area (TPSA) is 34.1 Å². The van der Waals surface area contributed by atoms with Gasteiger partial charge in [-0.05, 0) is 31.0 Å². The van der Waals surface area contributed by atoms with Gasteiger partial charge >= 0.3 is 6.18 Å². The second kappa shape index (κ2) is 4.69. The first-order valence-corrected chi connectivity index (χ1v) is 5.01. The first kappa shape index (κ1) is 13.4. The van der Waals surface area contributed by atoms with E-state index < -0.39 is 23.1 Å². The molecule has 0 aromatic heterocycles. The highest BCUT2D eigenvalue weighted by molar-refractivity contribution is 5.97. The molecule has 0 amide bonds. The lowest BCUT2D eigenvalue weighted by Crippen LogP contribution is -2.15. The van der Waals surface area contributed by atoms with Crippen LogP contribution in [0.1, 0.15) is 45.7 Å². The third-order valence-electron chi connectivity index (χ3n) is 2.42. The molecule has 0 heterocycles. The zero-order valence-electron chi connectivity index (χ0n) is 9.39. The maximum Gasteiger partial charge on any atom is 0.417 e. The molecule has 1 aromatic rings. The normalized spacial score (nSPS) is 11.4. The van der Waals surface area contributed by atoms with Gasteiger partial charge in [0.15, 0.2) is 5.78 Å². The number of aldehydes is 1. The molecular formula is C12H11F3O2. The molecule has 0 fully saturated rings. The maximum absolute atomic E-state index is 12.9. The van der Waals surface area contributed by atoms with Gasteiger partial charge in [0.05, 0.1) is 5.56 Å². The van der Waals surface area contributed by atoms with Crippen LogP contribution in [0.3, 0.4) is 0 Å². The molecule has 0 aliphatic carbocycles. The number of carbonyl (C=O) groups excluding carboxylic acids is 2. The van der Waals surface area contributed by atoms with Crippen molar-refractivity contribution in [1.82, 2.24) is 0 Å². The average Bonchev–Trinajstić information content (AvgIpc) is 2.25. The van der Waals surface area contributed by atoms with Gasteiger partial charge in [0.1, 0.15) is 6.29 Å². The molecule has 0 saturated carbocycles. The Morgan fingerprint density at radius 2 is 1.94 bits per heavy atom. The van der Waals surface area contributed by atoms with E-state index in [1.54, 1.807) is 6.92 Å². The number of carbonyl (C=O) groups is 2. The third-order valence-corrected chi connectivity index (χ3v) is 2.42. The number of halogens is 3. The molecule has 0 atom stereocenters. The van der Waals surface area contributed by atoms with Gasteiger partial charge in [0, 0.05) is 11.1 Å². The average molecular weight is 244 g/mol. The van der Waals surface area contributed by atoms with Gasteiger partial charge in [-0.1, -0.05) is 6.92 Å². The minimum Gasteiger partial charge on any atom is -0.298 e. The Labute approximate surface area is 96.4 Å². The van der Waals surface area contributed by atoms with Crippen molar-refractivity contribution in [2.24, 2.45) is 0 Å². The highest BCUT2D eigenvalue weighted by Crippen LogP contribution is 2.35. The quantitative estimate of drug-likeness (QED) is 0.604. The second-order valence-corrected chi connectivity index (χ2v) is 3.63. The summed E-state index contributed by atoms with van der Waals surface area (Å²) in [7, 11) is 0. The summed E-state index contributed by atoms with van der Waals surface area (Å²) in [5.41, 5.74) is -1.33. The summed E-state index contributed by atoms with van der Waals surface area (Å²) in [6.07, 6.45) is -4.05. The lowest BCUT2D eigenvalue weighted by Gasteiger charge is -2.16. The van der Waals surface area contributed by atoms with Crippen molar-refractivity contribution >= 4 is 12.1 Å². The smallest absolute Gasteiger partial charge is 0.298 e. The number of alkyl halides is 3. The molecule has 92 valence electrons.